The second kappa shape index (κ2) is 7.56. The highest BCUT2D eigenvalue weighted by atomic mass is 32.1. The Balaban J connectivity index is 1.99. The molecule has 0 fully saturated rings. The average Bonchev–Trinajstić information content (AvgIpc) is 2.91. The van der Waals surface area contributed by atoms with Crippen LogP contribution in [0.25, 0.3) is 0 Å². The molecular formula is C18H16FN3O3S. The number of aliphatic hydroxyl groups excluding tert-OH is 1. The number of aliphatic hydroxyl groups is 1. The number of methoxy groups -OCH3 is 1. The summed E-state index contributed by atoms with van der Waals surface area (Å²) in [6.45, 7) is -0.177. The summed E-state index contributed by atoms with van der Waals surface area (Å²) in [7, 11) is 1.50. The molecule has 134 valence electrons. The number of thiocarbonyl (C=S) groups is 1. The van der Waals surface area contributed by atoms with Crippen molar-refractivity contribution in [1.82, 2.24) is 0 Å². The van der Waals surface area contributed by atoms with Crippen molar-refractivity contribution in [2.45, 2.75) is 6.04 Å². The number of halogens is 1. The number of ether oxygens (including phenoxy) is 2. The Kier molecular flexibility index (Phi) is 5.21. The van der Waals surface area contributed by atoms with Gasteiger partial charge in [0.2, 0.25) is 0 Å². The molecule has 2 N–H and O–H groups in total. The van der Waals surface area contributed by atoms with E-state index in [2.05, 4.69) is 5.32 Å². The predicted octanol–water partition coefficient (Wildman–Crippen LogP) is 3.12. The van der Waals surface area contributed by atoms with Crippen LogP contribution in [0.3, 0.4) is 0 Å². The highest BCUT2D eigenvalue weighted by molar-refractivity contribution is 7.80. The van der Waals surface area contributed by atoms with Gasteiger partial charge in [-0.25, -0.2) is 0 Å². The van der Waals surface area contributed by atoms with Gasteiger partial charge in [-0.2, -0.15) is 10.4 Å². The number of benzene rings is 2. The van der Waals surface area contributed by atoms with Crippen LogP contribution in [0.4, 0.5) is 15.9 Å². The molecule has 8 heteroatoms. The maximum Gasteiger partial charge on any atom is 0.149 e. The van der Waals surface area contributed by atoms with Crippen LogP contribution in [0.5, 0.6) is 11.5 Å². The smallest absolute Gasteiger partial charge is 0.149 e. The van der Waals surface area contributed by atoms with Crippen molar-refractivity contribution in [2.24, 2.45) is 0 Å². The maximum atomic E-state index is 14.7. The van der Waals surface area contributed by atoms with Gasteiger partial charge in [-0.1, -0.05) is 16.7 Å². The molecule has 0 aliphatic carbocycles. The third kappa shape index (κ3) is 3.27. The summed E-state index contributed by atoms with van der Waals surface area (Å²) in [6, 6.07) is 11.5. The van der Waals surface area contributed by atoms with Gasteiger partial charge in [-0.3, -0.25) is 0 Å². The van der Waals surface area contributed by atoms with E-state index in [1.54, 1.807) is 36.4 Å². The molecule has 3 rings (SSSR count). The first-order valence-corrected chi connectivity index (χ1v) is 8.22. The fourth-order valence-electron chi connectivity index (χ4n) is 2.72. The van der Waals surface area contributed by atoms with Crippen LogP contribution < -0.4 is 19.9 Å². The van der Waals surface area contributed by atoms with Gasteiger partial charge in [0.05, 0.1) is 25.3 Å². The van der Waals surface area contributed by atoms with E-state index in [4.69, 9.17) is 32.1 Å². The van der Waals surface area contributed by atoms with Gasteiger partial charge in [-0.05, 0) is 30.3 Å². The van der Waals surface area contributed by atoms with Gasteiger partial charge >= 0.3 is 0 Å². The lowest BCUT2D eigenvalue weighted by atomic mass is 10.1. The molecule has 0 amide bonds. The van der Waals surface area contributed by atoms with E-state index >= 15 is 0 Å². The first kappa shape index (κ1) is 17.9. The Morgan fingerprint density at radius 2 is 2.08 bits per heavy atom. The highest BCUT2D eigenvalue weighted by Gasteiger charge is 2.38. The average molecular weight is 373 g/mol. The van der Waals surface area contributed by atoms with E-state index in [1.807, 2.05) is 6.07 Å². The number of nitrogens with one attached hydrogen (secondary N) is 1. The minimum Gasteiger partial charge on any atom is -0.497 e. The van der Waals surface area contributed by atoms with Gasteiger partial charge in [0.25, 0.3) is 0 Å². The Morgan fingerprint density at radius 1 is 1.35 bits per heavy atom. The van der Waals surface area contributed by atoms with Crippen LogP contribution in [0.2, 0.25) is 0 Å². The second-order valence-corrected chi connectivity index (χ2v) is 5.94. The lowest BCUT2D eigenvalue weighted by Crippen LogP contribution is -2.23. The van der Waals surface area contributed by atoms with Gasteiger partial charge in [-0.15, -0.1) is 0 Å². The molecule has 0 aromatic heterocycles. The van der Waals surface area contributed by atoms with Crippen molar-refractivity contribution in [1.29, 1.82) is 5.26 Å². The van der Waals surface area contributed by atoms with Crippen LogP contribution in [-0.2, 0) is 0 Å². The number of anilines is 2. The molecule has 0 saturated carbocycles. The van der Waals surface area contributed by atoms with Gasteiger partial charge in [0.1, 0.15) is 34.8 Å². The third-order valence-electron chi connectivity index (χ3n) is 3.94. The summed E-state index contributed by atoms with van der Waals surface area (Å²) in [6.07, 6.45) is 0. The molecule has 1 aliphatic heterocycles. The molecule has 1 aliphatic rings. The van der Waals surface area contributed by atoms with E-state index in [0.717, 1.165) is 0 Å². The molecule has 2 aromatic rings. The molecule has 1 heterocycles. The van der Waals surface area contributed by atoms with E-state index in [-0.39, 0.29) is 29.6 Å². The normalized spacial score (nSPS) is 15.4. The van der Waals surface area contributed by atoms with Gasteiger partial charge in [0, 0.05) is 17.3 Å². The molecule has 2 aromatic carbocycles. The van der Waals surface area contributed by atoms with Crippen LogP contribution in [-0.4, -0.2) is 30.4 Å². The quantitative estimate of drug-likeness (QED) is 0.595. The summed E-state index contributed by atoms with van der Waals surface area (Å²) in [5, 5.41) is 21.4. The number of hydrogen-bond acceptors (Lipinski definition) is 6. The van der Waals surface area contributed by atoms with E-state index in [0.29, 0.717) is 27.7 Å². The molecule has 0 saturated heterocycles. The molecule has 0 radical (unpaired) electrons. The largest absolute Gasteiger partial charge is 0.497 e. The fourth-order valence-corrected chi connectivity index (χ4v) is 3.00. The minimum absolute atomic E-state index is 0.0218. The summed E-state index contributed by atoms with van der Waals surface area (Å²) in [5.74, 6) is 0.726. The van der Waals surface area contributed by atoms with Crippen molar-refractivity contribution >= 4 is 28.6 Å². The fraction of sp³-hybridized carbons (Fsp3) is 0.222. The van der Waals surface area contributed by atoms with Crippen molar-refractivity contribution in [3.63, 3.8) is 0 Å². The highest BCUT2D eigenvalue weighted by Crippen LogP contribution is 2.47. The topological polar surface area (TPSA) is 77.7 Å². The molecule has 0 bridgehead atoms. The van der Waals surface area contributed by atoms with Crippen molar-refractivity contribution in [3.05, 3.63) is 47.5 Å². The monoisotopic (exact) mass is 373 g/mol. The van der Waals surface area contributed by atoms with Gasteiger partial charge in [0.15, 0.2) is 0 Å². The summed E-state index contributed by atoms with van der Waals surface area (Å²) < 4.78 is 25.5. The minimum atomic E-state index is -0.607. The number of rotatable bonds is 6. The van der Waals surface area contributed by atoms with Crippen LogP contribution in [0.1, 0.15) is 17.2 Å². The zero-order valence-electron chi connectivity index (χ0n) is 13.9. The number of hydrogen-bond donors (Lipinski definition) is 2. The first-order valence-electron chi connectivity index (χ1n) is 7.81. The third-order valence-corrected chi connectivity index (χ3v) is 4.33. The first-order chi connectivity index (χ1) is 12.6. The van der Waals surface area contributed by atoms with Crippen molar-refractivity contribution in [3.8, 4) is 17.6 Å². The van der Waals surface area contributed by atoms with E-state index < -0.39 is 6.04 Å². The standard InChI is InChI=1S/C18H16FN3O3S/c1-24-13-8-14-16(21-12-4-2-11(10-20)3-5-12)18(26)22(19)17(14)15(9-13)25-7-6-23/h2-5,8-9,16,21,23H,6-7H2,1H3. The predicted molar refractivity (Wildman–Crippen MR) is 99.3 cm³/mol. The Morgan fingerprint density at radius 3 is 2.69 bits per heavy atom. The Bertz CT molecular complexity index is 867. The second-order valence-electron chi connectivity index (χ2n) is 5.52. The molecule has 26 heavy (non-hydrogen) atoms. The number of nitriles is 1. The summed E-state index contributed by atoms with van der Waals surface area (Å²) in [5.41, 5.74) is 1.97. The van der Waals surface area contributed by atoms with Crippen molar-refractivity contribution in [2.75, 3.05) is 30.8 Å². The molecule has 6 nitrogen and oxygen atoms in total. The van der Waals surface area contributed by atoms with Crippen molar-refractivity contribution < 1.29 is 19.1 Å². The number of nitrogens with zero attached hydrogens (tertiary/aromatic N) is 2. The van der Waals surface area contributed by atoms with E-state index in [1.165, 1.54) is 7.11 Å². The molecule has 1 unspecified atom stereocenters. The lowest BCUT2D eigenvalue weighted by Gasteiger charge is -2.16. The number of fused-ring (bicyclic) bond motifs is 1. The Labute approximate surface area is 155 Å². The van der Waals surface area contributed by atoms with Crippen LogP contribution in [0.15, 0.2) is 36.4 Å². The molecular weight excluding hydrogens is 357 g/mol. The summed E-state index contributed by atoms with van der Waals surface area (Å²) in [4.78, 5) is 0.0338. The maximum absolute atomic E-state index is 14.7. The lowest BCUT2D eigenvalue weighted by molar-refractivity contribution is 0.201. The van der Waals surface area contributed by atoms with E-state index in [9.17, 15) is 4.48 Å². The SMILES string of the molecule is COc1cc(OCCO)c2c(c1)C(Nc1ccc(C#N)cc1)C(=S)N2F. The van der Waals surface area contributed by atoms with Gasteiger partial charge < -0.3 is 19.9 Å². The zero-order valence-corrected chi connectivity index (χ0v) is 14.7. The van der Waals surface area contributed by atoms with Crippen LogP contribution in [0, 0.1) is 11.3 Å². The van der Waals surface area contributed by atoms with Crippen LogP contribution >= 0.6 is 12.2 Å². The Hall–Kier alpha value is -2.89. The zero-order chi connectivity index (χ0) is 18.7. The molecule has 1 atom stereocenters. The summed E-state index contributed by atoms with van der Waals surface area (Å²) >= 11 is 5.26. The molecule has 0 spiro atoms.